The van der Waals surface area contributed by atoms with E-state index < -0.39 is 0 Å². The molecule has 0 aliphatic rings. The lowest BCUT2D eigenvalue weighted by molar-refractivity contribution is 0.432. The number of hydrogen-bond acceptors (Lipinski definition) is 8. The number of benzene rings is 2. The zero-order valence-corrected chi connectivity index (χ0v) is 15.3. The molecule has 0 spiro atoms. The van der Waals surface area contributed by atoms with E-state index in [-0.39, 0.29) is 35.3 Å². The molecule has 0 aliphatic carbocycles. The topological polar surface area (TPSA) is 107 Å². The molecule has 0 radical (unpaired) electrons. The first-order valence-corrected chi connectivity index (χ1v) is 8.49. The molecule has 0 unspecified atom stereocenters. The average molecular weight is 398 g/mol. The molecule has 0 atom stereocenters. The molecule has 28 heavy (non-hydrogen) atoms. The van der Waals surface area contributed by atoms with Gasteiger partial charge in [0.05, 0.1) is 10.6 Å². The molecule has 0 amide bonds. The number of nitrogens with two attached hydrogens (primary N) is 1. The number of aromatic nitrogens is 5. The Morgan fingerprint density at radius 3 is 2.61 bits per heavy atom. The third kappa shape index (κ3) is 3.47. The summed E-state index contributed by atoms with van der Waals surface area (Å²) in [5.74, 6) is 0.254. The molecule has 0 aliphatic heterocycles. The predicted octanol–water partition coefficient (Wildman–Crippen LogP) is 3.73. The largest absolute Gasteiger partial charge is 0.368 e. The van der Waals surface area contributed by atoms with Crippen LogP contribution in [0.5, 0.6) is 0 Å². The molecular formula is C18H13ClFN7O. The molecular weight excluding hydrogens is 385 g/mol. The molecule has 8 nitrogen and oxygen atoms in total. The summed E-state index contributed by atoms with van der Waals surface area (Å²) >= 11 is 6.16. The summed E-state index contributed by atoms with van der Waals surface area (Å²) in [6, 6.07) is 13.1. The van der Waals surface area contributed by atoms with Crippen LogP contribution in [-0.2, 0) is 0 Å². The molecule has 2 heterocycles. The lowest BCUT2D eigenvalue weighted by Crippen LogP contribution is -2.15. The van der Waals surface area contributed by atoms with Gasteiger partial charge in [-0.3, -0.25) is 0 Å². The van der Waals surface area contributed by atoms with Crippen LogP contribution >= 0.6 is 11.6 Å². The highest BCUT2D eigenvalue weighted by atomic mass is 35.5. The Morgan fingerprint density at radius 2 is 1.82 bits per heavy atom. The van der Waals surface area contributed by atoms with Gasteiger partial charge in [0.2, 0.25) is 23.5 Å². The van der Waals surface area contributed by atoms with E-state index >= 15 is 0 Å². The van der Waals surface area contributed by atoms with Crippen molar-refractivity contribution in [3.8, 4) is 23.1 Å². The van der Waals surface area contributed by atoms with E-state index in [9.17, 15) is 4.39 Å². The van der Waals surface area contributed by atoms with Crippen LogP contribution in [0.25, 0.3) is 23.1 Å². The van der Waals surface area contributed by atoms with Gasteiger partial charge in [0.1, 0.15) is 5.82 Å². The number of nitrogen functional groups attached to an aromatic ring is 1. The van der Waals surface area contributed by atoms with Gasteiger partial charge in [0.25, 0.3) is 5.89 Å². The van der Waals surface area contributed by atoms with E-state index in [1.165, 1.54) is 12.1 Å². The van der Waals surface area contributed by atoms with Crippen LogP contribution in [0, 0.1) is 5.82 Å². The van der Waals surface area contributed by atoms with E-state index in [1.807, 2.05) is 0 Å². The quantitative estimate of drug-likeness (QED) is 0.555. The van der Waals surface area contributed by atoms with Crippen molar-refractivity contribution in [1.82, 2.24) is 25.1 Å². The Bertz CT molecular complexity index is 1150. The maximum absolute atomic E-state index is 13.5. The van der Waals surface area contributed by atoms with E-state index in [4.69, 9.17) is 21.9 Å². The Morgan fingerprint density at radius 1 is 1.00 bits per heavy atom. The van der Waals surface area contributed by atoms with Gasteiger partial charge in [-0.25, -0.2) is 4.39 Å². The highest BCUT2D eigenvalue weighted by Gasteiger charge is 2.18. The summed E-state index contributed by atoms with van der Waals surface area (Å²) in [5, 5.41) is 4.37. The van der Waals surface area contributed by atoms with Gasteiger partial charge in [0, 0.05) is 12.7 Å². The maximum atomic E-state index is 13.5. The van der Waals surface area contributed by atoms with Gasteiger partial charge < -0.3 is 15.2 Å². The van der Waals surface area contributed by atoms with E-state index in [0.29, 0.717) is 16.3 Å². The number of rotatable bonds is 4. The van der Waals surface area contributed by atoms with Gasteiger partial charge in [-0.2, -0.15) is 19.9 Å². The molecule has 0 bridgehead atoms. The second kappa shape index (κ2) is 7.20. The van der Waals surface area contributed by atoms with Crippen LogP contribution in [0.4, 0.5) is 22.0 Å². The molecule has 0 saturated heterocycles. The Balaban J connectivity index is 1.71. The van der Waals surface area contributed by atoms with Crippen molar-refractivity contribution >= 4 is 29.2 Å². The van der Waals surface area contributed by atoms with Crippen LogP contribution < -0.4 is 10.6 Å². The van der Waals surface area contributed by atoms with Gasteiger partial charge in [0.15, 0.2) is 0 Å². The summed E-state index contributed by atoms with van der Waals surface area (Å²) in [6.45, 7) is 0. The number of halogens is 2. The Labute approximate surface area is 163 Å². The second-order valence-corrected chi connectivity index (χ2v) is 6.17. The summed E-state index contributed by atoms with van der Waals surface area (Å²) in [6.07, 6.45) is 0. The third-order valence-corrected chi connectivity index (χ3v) is 4.20. The minimum absolute atomic E-state index is 0.0349. The van der Waals surface area contributed by atoms with Crippen molar-refractivity contribution in [2.24, 2.45) is 0 Å². The second-order valence-electron chi connectivity index (χ2n) is 5.76. The first kappa shape index (κ1) is 17.8. The van der Waals surface area contributed by atoms with Gasteiger partial charge in [-0.05, 0) is 30.3 Å². The van der Waals surface area contributed by atoms with Crippen molar-refractivity contribution in [1.29, 1.82) is 0 Å². The average Bonchev–Trinajstić information content (AvgIpc) is 3.17. The standard InChI is InChI=1S/C18H13ClFN7O/c1-27(11-6-4-5-10(20)9-11)18-24-14(23-17(21)25-18)15-22-16(28-26-15)12-7-2-3-8-13(12)19/h2-9H,1H3,(H2,21,23,24,25). The van der Waals surface area contributed by atoms with Crippen LogP contribution in [0.3, 0.4) is 0 Å². The molecule has 2 aromatic carbocycles. The maximum Gasteiger partial charge on any atom is 0.259 e. The van der Waals surface area contributed by atoms with Crippen molar-refractivity contribution in [3.05, 3.63) is 59.4 Å². The number of hydrogen-bond donors (Lipinski definition) is 1. The zero-order valence-electron chi connectivity index (χ0n) is 14.5. The van der Waals surface area contributed by atoms with Crippen LogP contribution in [0.2, 0.25) is 5.02 Å². The first-order chi connectivity index (χ1) is 13.5. The zero-order chi connectivity index (χ0) is 19.7. The van der Waals surface area contributed by atoms with Crippen LogP contribution in [0.1, 0.15) is 0 Å². The van der Waals surface area contributed by atoms with Gasteiger partial charge in [-0.1, -0.05) is 35.0 Å². The number of anilines is 3. The molecule has 2 aromatic heterocycles. The molecule has 4 rings (SSSR count). The van der Waals surface area contributed by atoms with Crippen molar-refractivity contribution in [3.63, 3.8) is 0 Å². The SMILES string of the molecule is CN(c1cccc(F)c1)c1nc(N)nc(-c2noc(-c3ccccc3Cl)n2)n1. The highest BCUT2D eigenvalue weighted by Crippen LogP contribution is 2.28. The van der Waals surface area contributed by atoms with Gasteiger partial charge >= 0.3 is 0 Å². The van der Waals surface area contributed by atoms with Gasteiger partial charge in [-0.15, -0.1) is 0 Å². The molecule has 0 saturated carbocycles. The summed E-state index contributed by atoms with van der Waals surface area (Å²) < 4.78 is 18.8. The molecule has 4 aromatic rings. The molecule has 0 fully saturated rings. The van der Waals surface area contributed by atoms with E-state index in [1.54, 1.807) is 48.3 Å². The monoisotopic (exact) mass is 397 g/mol. The highest BCUT2D eigenvalue weighted by molar-refractivity contribution is 6.33. The normalized spacial score (nSPS) is 10.8. The molecule has 2 N–H and O–H groups in total. The van der Waals surface area contributed by atoms with Crippen molar-refractivity contribution in [2.45, 2.75) is 0 Å². The summed E-state index contributed by atoms with van der Waals surface area (Å²) in [4.78, 5) is 18.3. The Hall–Kier alpha value is -3.59. The van der Waals surface area contributed by atoms with Crippen molar-refractivity contribution < 1.29 is 8.91 Å². The molecule has 10 heteroatoms. The van der Waals surface area contributed by atoms with Crippen LogP contribution in [0.15, 0.2) is 53.1 Å². The fourth-order valence-corrected chi connectivity index (χ4v) is 2.71. The van der Waals surface area contributed by atoms with E-state index in [2.05, 4.69) is 25.1 Å². The molecule has 140 valence electrons. The first-order valence-electron chi connectivity index (χ1n) is 8.11. The van der Waals surface area contributed by atoms with E-state index in [0.717, 1.165) is 0 Å². The fourth-order valence-electron chi connectivity index (χ4n) is 2.49. The minimum Gasteiger partial charge on any atom is -0.368 e. The predicted molar refractivity (Wildman–Crippen MR) is 102 cm³/mol. The van der Waals surface area contributed by atoms with Crippen LogP contribution in [-0.4, -0.2) is 32.1 Å². The van der Waals surface area contributed by atoms with Crippen molar-refractivity contribution in [2.75, 3.05) is 17.7 Å². The number of nitrogens with zero attached hydrogens (tertiary/aromatic N) is 6. The third-order valence-electron chi connectivity index (χ3n) is 3.87. The summed E-state index contributed by atoms with van der Waals surface area (Å²) in [7, 11) is 1.68. The smallest absolute Gasteiger partial charge is 0.259 e. The fraction of sp³-hybridized carbons (Fsp3) is 0.0556. The minimum atomic E-state index is -0.380. The lowest BCUT2D eigenvalue weighted by atomic mass is 10.2. The lowest BCUT2D eigenvalue weighted by Gasteiger charge is -2.17. The Kier molecular flexibility index (Phi) is 4.58. The summed E-state index contributed by atoms with van der Waals surface area (Å²) in [5.41, 5.74) is 6.94.